The summed E-state index contributed by atoms with van der Waals surface area (Å²) < 4.78 is 0. The Hall–Kier alpha value is -1.55. The fourth-order valence-corrected chi connectivity index (χ4v) is 2.91. The van der Waals surface area contributed by atoms with Crippen molar-refractivity contribution in [2.75, 3.05) is 17.7 Å². The van der Waals surface area contributed by atoms with Crippen LogP contribution in [0.4, 0.5) is 11.5 Å². The smallest absolute Gasteiger partial charge is 0.127 e. The summed E-state index contributed by atoms with van der Waals surface area (Å²) in [4.78, 5) is 7.00. The van der Waals surface area contributed by atoms with Crippen LogP contribution in [0.3, 0.4) is 0 Å². The third-order valence-corrected chi connectivity index (χ3v) is 3.76. The maximum absolute atomic E-state index is 4.20. The first kappa shape index (κ1) is 12.9. The van der Waals surface area contributed by atoms with Gasteiger partial charge in [-0.2, -0.15) is 0 Å². The van der Waals surface area contributed by atoms with Gasteiger partial charge in [0.15, 0.2) is 0 Å². The second-order valence-electron chi connectivity index (χ2n) is 4.44. The van der Waals surface area contributed by atoms with Crippen molar-refractivity contribution in [3.8, 4) is 0 Å². The van der Waals surface area contributed by atoms with Crippen molar-refractivity contribution in [2.24, 2.45) is 0 Å². The highest BCUT2D eigenvalue weighted by molar-refractivity contribution is 7.11. The molecule has 96 valence electrons. The van der Waals surface area contributed by atoms with E-state index in [0.29, 0.717) is 6.04 Å². The van der Waals surface area contributed by atoms with Crippen molar-refractivity contribution in [1.29, 1.82) is 0 Å². The van der Waals surface area contributed by atoms with Gasteiger partial charge >= 0.3 is 0 Å². The van der Waals surface area contributed by atoms with Gasteiger partial charge in [0.25, 0.3) is 0 Å². The van der Waals surface area contributed by atoms with E-state index in [4.69, 9.17) is 0 Å². The molecule has 0 amide bonds. The Kier molecular flexibility index (Phi) is 4.20. The van der Waals surface area contributed by atoms with Gasteiger partial charge in [-0.15, -0.1) is 11.3 Å². The first-order valence-corrected chi connectivity index (χ1v) is 6.94. The Labute approximate surface area is 112 Å². The summed E-state index contributed by atoms with van der Waals surface area (Å²) in [5.41, 5.74) is 1.11. The summed E-state index contributed by atoms with van der Waals surface area (Å²) >= 11 is 1.87. The zero-order chi connectivity index (χ0) is 13.0. The van der Waals surface area contributed by atoms with Gasteiger partial charge in [0, 0.05) is 47.2 Å². The highest BCUT2D eigenvalue weighted by atomic mass is 32.1. The number of rotatable bonds is 5. The molecule has 3 nitrogen and oxygen atoms in total. The average Bonchev–Trinajstić information content (AvgIpc) is 2.74. The average molecular weight is 261 g/mol. The predicted octanol–water partition coefficient (Wildman–Crippen LogP) is 3.54. The van der Waals surface area contributed by atoms with Crippen LogP contribution in [0, 0.1) is 6.92 Å². The number of aryl methyl sites for hydroxylation is 1. The van der Waals surface area contributed by atoms with Crippen LogP contribution in [0.1, 0.15) is 16.7 Å². The lowest BCUT2D eigenvalue weighted by Gasteiger charge is -2.14. The molecular formula is C14H19N3S. The summed E-state index contributed by atoms with van der Waals surface area (Å²) in [7, 11) is 1.88. The van der Waals surface area contributed by atoms with Crippen molar-refractivity contribution in [2.45, 2.75) is 26.3 Å². The lowest BCUT2D eigenvalue weighted by atomic mass is 10.2. The second kappa shape index (κ2) is 5.87. The van der Waals surface area contributed by atoms with Gasteiger partial charge in [-0.3, -0.25) is 0 Å². The predicted molar refractivity (Wildman–Crippen MR) is 79.6 cm³/mol. The molecule has 0 radical (unpaired) electrons. The fraction of sp³-hybridized carbons (Fsp3) is 0.357. The van der Waals surface area contributed by atoms with Crippen LogP contribution >= 0.6 is 11.3 Å². The van der Waals surface area contributed by atoms with E-state index < -0.39 is 0 Å². The number of anilines is 2. The van der Waals surface area contributed by atoms with Crippen LogP contribution < -0.4 is 10.6 Å². The van der Waals surface area contributed by atoms with Gasteiger partial charge in [0.05, 0.1) is 0 Å². The van der Waals surface area contributed by atoms with E-state index in [9.17, 15) is 0 Å². The zero-order valence-corrected chi connectivity index (χ0v) is 11.8. The van der Waals surface area contributed by atoms with E-state index in [2.05, 4.69) is 41.6 Å². The lowest BCUT2D eigenvalue weighted by molar-refractivity contribution is 0.800. The molecule has 1 unspecified atom stereocenters. The van der Waals surface area contributed by atoms with E-state index in [1.807, 2.05) is 36.7 Å². The van der Waals surface area contributed by atoms with Crippen molar-refractivity contribution in [1.82, 2.24) is 4.98 Å². The minimum atomic E-state index is 0.412. The largest absolute Gasteiger partial charge is 0.382 e. The first-order valence-electron chi connectivity index (χ1n) is 6.13. The third kappa shape index (κ3) is 3.47. The number of nitrogens with zero attached hydrogens (tertiary/aromatic N) is 1. The van der Waals surface area contributed by atoms with Gasteiger partial charge in [0.1, 0.15) is 5.82 Å². The van der Waals surface area contributed by atoms with Gasteiger partial charge in [0.2, 0.25) is 0 Å². The molecule has 4 heteroatoms. The number of thiophene rings is 1. The van der Waals surface area contributed by atoms with Gasteiger partial charge in [-0.1, -0.05) is 0 Å². The van der Waals surface area contributed by atoms with Crippen molar-refractivity contribution in [3.63, 3.8) is 0 Å². The van der Waals surface area contributed by atoms with Crippen molar-refractivity contribution in [3.05, 3.63) is 40.2 Å². The van der Waals surface area contributed by atoms with Gasteiger partial charge in [-0.05, 0) is 32.0 Å². The number of hydrogen-bond donors (Lipinski definition) is 2. The van der Waals surface area contributed by atoms with Crippen LogP contribution in [-0.2, 0) is 6.42 Å². The molecule has 2 heterocycles. The molecule has 2 aromatic heterocycles. The van der Waals surface area contributed by atoms with Crippen LogP contribution in [0.2, 0.25) is 0 Å². The number of aromatic nitrogens is 1. The fourth-order valence-electron chi connectivity index (χ4n) is 1.89. The molecule has 0 aliphatic carbocycles. The molecule has 2 N–H and O–H groups in total. The second-order valence-corrected chi connectivity index (χ2v) is 5.81. The molecule has 0 aliphatic rings. The molecule has 0 aliphatic heterocycles. The Morgan fingerprint density at radius 3 is 2.83 bits per heavy atom. The van der Waals surface area contributed by atoms with E-state index in [1.54, 1.807) is 0 Å². The SMILES string of the molecule is CNc1cc(NC(C)Cc2ccc(C)s2)ccn1. The zero-order valence-electron chi connectivity index (χ0n) is 11.0. The summed E-state index contributed by atoms with van der Waals surface area (Å²) in [6, 6.07) is 8.82. The standard InChI is InChI=1S/C14H19N3S/c1-10(8-13-5-4-11(2)18-13)17-12-6-7-16-14(9-12)15-3/h4-7,9-10H,8H2,1-3H3,(H2,15,16,17). The number of hydrogen-bond acceptors (Lipinski definition) is 4. The molecule has 1 atom stereocenters. The molecule has 0 saturated carbocycles. The maximum Gasteiger partial charge on any atom is 0.127 e. The molecule has 0 aromatic carbocycles. The van der Waals surface area contributed by atoms with Crippen molar-refractivity contribution >= 4 is 22.8 Å². The molecular weight excluding hydrogens is 242 g/mol. The molecule has 0 saturated heterocycles. The Morgan fingerprint density at radius 2 is 2.17 bits per heavy atom. The van der Waals surface area contributed by atoms with E-state index in [1.165, 1.54) is 9.75 Å². The van der Waals surface area contributed by atoms with Crippen molar-refractivity contribution < 1.29 is 0 Å². The van der Waals surface area contributed by atoms with Crippen LogP contribution in [0.15, 0.2) is 30.5 Å². The monoisotopic (exact) mass is 261 g/mol. The highest BCUT2D eigenvalue weighted by Gasteiger charge is 2.06. The minimum Gasteiger partial charge on any atom is -0.382 e. The lowest BCUT2D eigenvalue weighted by Crippen LogP contribution is -2.17. The molecule has 0 spiro atoms. The Morgan fingerprint density at radius 1 is 1.33 bits per heavy atom. The van der Waals surface area contributed by atoms with Crippen LogP contribution in [0.25, 0.3) is 0 Å². The highest BCUT2D eigenvalue weighted by Crippen LogP contribution is 2.19. The van der Waals surface area contributed by atoms with E-state index in [-0.39, 0.29) is 0 Å². The summed E-state index contributed by atoms with van der Waals surface area (Å²) in [6.07, 6.45) is 2.87. The quantitative estimate of drug-likeness (QED) is 0.864. The molecule has 0 fully saturated rings. The summed E-state index contributed by atoms with van der Waals surface area (Å²) in [5.74, 6) is 0.888. The number of nitrogens with one attached hydrogen (secondary N) is 2. The molecule has 2 rings (SSSR count). The maximum atomic E-state index is 4.20. The number of pyridine rings is 1. The van der Waals surface area contributed by atoms with E-state index >= 15 is 0 Å². The van der Waals surface area contributed by atoms with Gasteiger partial charge in [-0.25, -0.2) is 4.98 Å². The third-order valence-electron chi connectivity index (χ3n) is 2.73. The summed E-state index contributed by atoms with van der Waals surface area (Å²) in [5, 5.41) is 6.55. The molecule has 18 heavy (non-hydrogen) atoms. The summed E-state index contributed by atoms with van der Waals surface area (Å²) in [6.45, 7) is 4.35. The van der Waals surface area contributed by atoms with Crippen LogP contribution in [-0.4, -0.2) is 18.1 Å². The molecule has 0 bridgehead atoms. The van der Waals surface area contributed by atoms with E-state index in [0.717, 1.165) is 17.9 Å². The normalized spacial score (nSPS) is 12.2. The first-order chi connectivity index (χ1) is 8.67. The molecule has 2 aromatic rings. The Bertz CT molecular complexity index is 507. The van der Waals surface area contributed by atoms with Crippen LogP contribution in [0.5, 0.6) is 0 Å². The topological polar surface area (TPSA) is 37.0 Å². The minimum absolute atomic E-state index is 0.412. The van der Waals surface area contributed by atoms with Gasteiger partial charge < -0.3 is 10.6 Å². The Balaban J connectivity index is 1.96.